The lowest BCUT2D eigenvalue weighted by molar-refractivity contribution is 0.266. The maximum absolute atomic E-state index is 14.8. The second kappa shape index (κ2) is 14.1. The number of hydrogen-bond acceptors (Lipinski definition) is 9. The number of pyridine rings is 1. The molecule has 2 aromatic heterocycles. The van der Waals surface area contributed by atoms with Crippen LogP contribution < -0.4 is 20.5 Å². The molecule has 10 nitrogen and oxygen atoms in total. The lowest BCUT2D eigenvalue weighted by Gasteiger charge is -2.14. The van der Waals surface area contributed by atoms with E-state index in [1.165, 1.54) is 36.7 Å². The molecule has 0 amide bonds. The van der Waals surface area contributed by atoms with E-state index in [2.05, 4.69) is 20.3 Å². The van der Waals surface area contributed by atoms with E-state index >= 15 is 0 Å². The number of nitrogens with one attached hydrogen (secondary N) is 2. The Balaban J connectivity index is 0.000000555. The Bertz CT molecular complexity index is 1800. The van der Waals surface area contributed by atoms with Gasteiger partial charge in [-0.25, -0.2) is 40.9 Å². The summed E-state index contributed by atoms with van der Waals surface area (Å²) in [5.41, 5.74) is 4.24. The van der Waals surface area contributed by atoms with Gasteiger partial charge in [0, 0.05) is 30.6 Å². The van der Waals surface area contributed by atoms with Gasteiger partial charge >= 0.3 is 0 Å². The first-order valence-corrected chi connectivity index (χ1v) is 14.6. The number of hydrogen-bond donors (Lipinski definition) is 3. The number of alkyl halides is 1. The van der Waals surface area contributed by atoms with Crippen molar-refractivity contribution >= 4 is 21.7 Å². The Morgan fingerprint density at radius 1 is 1.07 bits per heavy atom. The number of nitrogen functional groups attached to an aromatic ring is 1. The van der Waals surface area contributed by atoms with Gasteiger partial charge in [0.2, 0.25) is 27.7 Å². The SMILES string of the molecule is FC1CCCNC1.N#Cc1ccc(CS(=O)(=O)Nc2c(F)cc(Oc3ncccc3-c3ccnc(N)n3)c(F)c2F)c(F)c1. The topological polar surface area (TPSA) is 156 Å². The number of nitrogens with two attached hydrogens (primary N) is 1. The highest BCUT2D eigenvalue weighted by Gasteiger charge is 2.26. The van der Waals surface area contributed by atoms with Crippen molar-refractivity contribution in [3.05, 3.63) is 89.3 Å². The fraction of sp³-hybridized carbons (Fsp3) is 0.214. The molecule has 16 heteroatoms. The molecule has 3 heterocycles. The van der Waals surface area contributed by atoms with Crippen molar-refractivity contribution in [2.24, 2.45) is 0 Å². The van der Waals surface area contributed by atoms with Gasteiger partial charge in [0.05, 0.1) is 28.6 Å². The summed E-state index contributed by atoms with van der Waals surface area (Å²) in [7, 11) is -4.61. The Morgan fingerprint density at radius 2 is 1.86 bits per heavy atom. The minimum atomic E-state index is -4.61. The monoisotopic (exact) mass is 633 g/mol. The highest BCUT2D eigenvalue weighted by atomic mass is 32.2. The van der Waals surface area contributed by atoms with Crippen LogP contribution >= 0.6 is 0 Å². The second-order valence-electron chi connectivity index (χ2n) is 9.34. The molecule has 2 aromatic carbocycles. The van der Waals surface area contributed by atoms with E-state index in [4.69, 9.17) is 15.7 Å². The normalized spacial score (nSPS) is 14.6. The van der Waals surface area contributed by atoms with Crippen molar-refractivity contribution < 1.29 is 35.1 Å². The predicted octanol–water partition coefficient (Wildman–Crippen LogP) is 4.99. The van der Waals surface area contributed by atoms with Gasteiger partial charge in [-0.3, -0.25) is 4.72 Å². The van der Waals surface area contributed by atoms with E-state index in [9.17, 15) is 30.4 Å². The molecule has 1 aliphatic heterocycles. The zero-order valence-corrected chi connectivity index (χ0v) is 23.5. The van der Waals surface area contributed by atoms with Crippen LogP contribution in [0.15, 0.2) is 54.9 Å². The van der Waals surface area contributed by atoms with Crippen LogP contribution in [-0.4, -0.2) is 42.6 Å². The van der Waals surface area contributed by atoms with Gasteiger partial charge in [-0.05, 0) is 49.7 Å². The van der Waals surface area contributed by atoms with Crippen molar-refractivity contribution in [3.63, 3.8) is 0 Å². The fourth-order valence-electron chi connectivity index (χ4n) is 3.98. The zero-order chi connectivity index (χ0) is 31.9. The molecule has 0 saturated carbocycles. The number of halogens is 5. The summed E-state index contributed by atoms with van der Waals surface area (Å²) in [5.74, 6) is -8.47. The fourth-order valence-corrected chi connectivity index (χ4v) is 5.19. The Hall–Kier alpha value is -4.88. The third-order valence-corrected chi connectivity index (χ3v) is 7.28. The third kappa shape index (κ3) is 8.14. The molecule has 0 aliphatic carbocycles. The number of nitriles is 1. The number of piperidine rings is 1. The average molecular weight is 634 g/mol. The van der Waals surface area contributed by atoms with Crippen LogP contribution in [0.3, 0.4) is 0 Å². The minimum Gasteiger partial charge on any atom is -0.435 e. The first-order valence-electron chi connectivity index (χ1n) is 12.9. The van der Waals surface area contributed by atoms with E-state index in [1.807, 2.05) is 0 Å². The summed E-state index contributed by atoms with van der Waals surface area (Å²) >= 11 is 0. The quantitative estimate of drug-likeness (QED) is 0.189. The minimum absolute atomic E-state index is 0.0550. The molecular formula is C28H24F5N7O3S. The smallest absolute Gasteiger partial charge is 0.237 e. The molecule has 4 aromatic rings. The molecule has 0 bridgehead atoms. The molecule has 44 heavy (non-hydrogen) atoms. The Morgan fingerprint density at radius 3 is 2.50 bits per heavy atom. The van der Waals surface area contributed by atoms with Crippen molar-refractivity contribution in [1.82, 2.24) is 20.3 Å². The van der Waals surface area contributed by atoms with E-state index < -0.39 is 56.7 Å². The number of anilines is 2. The van der Waals surface area contributed by atoms with Crippen molar-refractivity contribution in [1.29, 1.82) is 5.26 Å². The van der Waals surface area contributed by atoms with Crippen LogP contribution in [0.1, 0.15) is 24.0 Å². The summed E-state index contributed by atoms with van der Waals surface area (Å²) in [6, 6.07) is 9.56. The summed E-state index contributed by atoms with van der Waals surface area (Å²) in [5, 5.41) is 11.7. The van der Waals surface area contributed by atoms with Crippen molar-refractivity contribution in [2.45, 2.75) is 24.8 Å². The third-order valence-electron chi connectivity index (χ3n) is 6.08. The number of nitrogens with zero attached hydrogens (tertiary/aromatic N) is 4. The summed E-state index contributed by atoms with van der Waals surface area (Å²) in [4.78, 5) is 11.7. The molecule has 1 saturated heterocycles. The highest BCUT2D eigenvalue weighted by Crippen LogP contribution is 2.35. The number of ether oxygens (including phenoxy) is 1. The lowest BCUT2D eigenvalue weighted by Crippen LogP contribution is -2.30. The number of rotatable bonds is 7. The molecule has 1 aliphatic rings. The summed E-state index contributed by atoms with van der Waals surface area (Å²) in [6.45, 7) is 1.57. The van der Waals surface area contributed by atoms with Gasteiger partial charge in [0.15, 0.2) is 17.4 Å². The first kappa shape index (κ1) is 32.0. The van der Waals surface area contributed by atoms with Gasteiger partial charge in [-0.15, -0.1) is 0 Å². The van der Waals surface area contributed by atoms with Gasteiger partial charge < -0.3 is 15.8 Å². The molecule has 1 unspecified atom stereocenters. The predicted molar refractivity (Wildman–Crippen MR) is 150 cm³/mol. The van der Waals surface area contributed by atoms with E-state index in [-0.39, 0.29) is 34.2 Å². The van der Waals surface area contributed by atoms with Crippen LogP contribution in [-0.2, 0) is 15.8 Å². The van der Waals surface area contributed by atoms with Crippen LogP contribution in [0.4, 0.5) is 33.6 Å². The number of sulfonamides is 1. The van der Waals surface area contributed by atoms with E-state index in [0.29, 0.717) is 12.6 Å². The first-order chi connectivity index (χ1) is 21.0. The molecule has 5 rings (SSSR count). The van der Waals surface area contributed by atoms with Crippen molar-refractivity contribution in [2.75, 3.05) is 23.5 Å². The maximum Gasteiger partial charge on any atom is 0.237 e. The summed E-state index contributed by atoms with van der Waals surface area (Å²) in [6.07, 6.45) is 3.81. The maximum atomic E-state index is 14.8. The summed E-state index contributed by atoms with van der Waals surface area (Å²) < 4.78 is 102. The van der Waals surface area contributed by atoms with Crippen LogP contribution in [0.5, 0.6) is 11.6 Å². The molecule has 0 spiro atoms. The van der Waals surface area contributed by atoms with Gasteiger partial charge in [-0.1, -0.05) is 6.07 Å². The molecule has 1 fully saturated rings. The Kier molecular flexibility index (Phi) is 10.2. The van der Waals surface area contributed by atoms with Crippen LogP contribution in [0.25, 0.3) is 11.3 Å². The van der Waals surface area contributed by atoms with Crippen LogP contribution in [0, 0.1) is 34.6 Å². The van der Waals surface area contributed by atoms with E-state index in [1.54, 1.807) is 10.8 Å². The van der Waals surface area contributed by atoms with Gasteiger partial charge in [-0.2, -0.15) is 9.65 Å². The standard InChI is InChI=1S/C23H14F4N6O3S.C5H10FN/c24-15-8-12(10-28)3-4-13(15)11-37(34,35)33-21-16(25)9-18(19(26)20(21)27)36-22-14(2-1-6-30-22)17-5-7-31-23(29)32-17;6-5-2-1-3-7-4-5/h1-9,33H,11H2,(H2,29,31,32);5,7H,1-4H2. The molecule has 4 N–H and O–H groups in total. The van der Waals surface area contributed by atoms with Crippen molar-refractivity contribution in [3.8, 4) is 29.0 Å². The largest absolute Gasteiger partial charge is 0.435 e. The number of aromatic nitrogens is 3. The highest BCUT2D eigenvalue weighted by molar-refractivity contribution is 7.91. The lowest BCUT2D eigenvalue weighted by atomic mass is 10.1. The van der Waals surface area contributed by atoms with Gasteiger partial charge in [0.25, 0.3) is 0 Å². The van der Waals surface area contributed by atoms with E-state index in [0.717, 1.165) is 31.5 Å². The molecule has 1 atom stereocenters. The molecule has 0 radical (unpaired) electrons. The zero-order valence-electron chi connectivity index (χ0n) is 22.7. The van der Waals surface area contributed by atoms with Gasteiger partial charge in [0.1, 0.15) is 17.7 Å². The average Bonchev–Trinajstić information content (AvgIpc) is 3.00. The Labute approximate surface area is 248 Å². The second-order valence-corrected chi connectivity index (χ2v) is 11.1. The van der Waals surface area contributed by atoms with Crippen LogP contribution in [0.2, 0.25) is 0 Å². The number of benzene rings is 2. The molecule has 230 valence electrons. The molecular weight excluding hydrogens is 609 g/mol.